The Morgan fingerprint density at radius 3 is 2.04 bits per heavy atom. The molecular weight excluding hydrogens is 358 g/mol. The van der Waals surface area contributed by atoms with Crippen molar-refractivity contribution in [3.8, 4) is 5.75 Å². The topological polar surface area (TPSA) is 55.4 Å². The van der Waals surface area contributed by atoms with Crippen LogP contribution >= 0.6 is 0 Å². The van der Waals surface area contributed by atoms with E-state index in [0.29, 0.717) is 5.75 Å². The summed E-state index contributed by atoms with van der Waals surface area (Å²) < 4.78 is 34.5. The lowest BCUT2D eigenvalue weighted by Crippen LogP contribution is -2.29. The molecule has 0 unspecified atom stereocenters. The van der Waals surface area contributed by atoms with E-state index in [2.05, 4.69) is 4.72 Å². The third-order valence-electron chi connectivity index (χ3n) is 4.43. The average Bonchev–Trinajstić information content (AvgIpc) is 2.67. The van der Waals surface area contributed by atoms with E-state index >= 15 is 0 Å². The third-order valence-corrected chi connectivity index (χ3v) is 5.87. The summed E-state index contributed by atoms with van der Waals surface area (Å²) in [5, 5.41) is 0. The van der Waals surface area contributed by atoms with Crippen LogP contribution in [0.25, 0.3) is 0 Å². The molecule has 4 nitrogen and oxygen atoms in total. The Morgan fingerprint density at radius 1 is 0.815 bits per heavy atom. The minimum absolute atomic E-state index is 0.137. The Kier molecular flexibility index (Phi) is 5.63. The van der Waals surface area contributed by atoms with Crippen molar-refractivity contribution in [2.45, 2.75) is 24.8 Å². The van der Waals surface area contributed by atoms with E-state index in [1.807, 2.05) is 74.5 Å². The van der Waals surface area contributed by atoms with Crippen molar-refractivity contribution in [2.75, 3.05) is 7.11 Å². The van der Waals surface area contributed by atoms with E-state index in [1.165, 1.54) is 7.11 Å². The summed E-state index contributed by atoms with van der Waals surface area (Å²) in [5.74, 6) is 0.323. The first-order valence-electron chi connectivity index (χ1n) is 8.69. The van der Waals surface area contributed by atoms with Gasteiger partial charge in [-0.15, -0.1) is 0 Å². The molecule has 0 amide bonds. The first kappa shape index (κ1) is 19.1. The molecule has 0 saturated heterocycles. The van der Waals surface area contributed by atoms with E-state index < -0.39 is 16.1 Å². The number of sulfonamides is 1. The van der Waals surface area contributed by atoms with Gasteiger partial charge in [-0.25, -0.2) is 8.42 Å². The maximum atomic E-state index is 13.2. The van der Waals surface area contributed by atoms with Crippen molar-refractivity contribution in [1.29, 1.82) is 0 Å². The molecule has 0 bridgehead atoms. The predicted molar refractivity (Wildman–Crippen MR) is 108 cm³/mol. The number of benzene rings is 3. The van der Waals surface area contributed by atoms with E-state index in [0.717, 1.165) is 22.3 Å². The van der Waals surface area contributed by atoms with Gasteiger partial charge in [0.25, 0.3) is 0 Å². The summed E-state index contributed by atoms with van der Waals surface area (Å²) in [6.45, 7) is 3.86. The van der Waals surface area contributed by atoms with E-state index in [4.69, 9.17) is 4.74 Å². The maximum absolute atomic E-state index is 13.2. The molecule has 1 atom stereocenters. The van der Waals surface area contributed by atoms with Crippen LogP contribution in [0.3, 0.4) is 0 Å². The zero-order valence-electron chi connectivity index (χ0n) is 15.6. The molecule has 0 spiro atoms. The van der Waals surface area contributed by atoms with Crippen LogP contribution in [-0.4, -0.2) is 15.5 Å². The Morgan fingerprint density at radius 2 is 1.41 bits per heavy atom. The number of aryl methyl sites for hydroxylation is 2. The average molecular weight is 381 g/mol. The van der Waals surface area contributed by atoms with Gasteiger partial charge in [0.1, 0.15) is 10.6 Å². The van der Waals surface area contributed by atoms with Crippen LogP contribution in [0.4, 0.5) is 0 Å². The summed E-state index contributed by atoms with van der Waals surface area (Å²) >= 11 is 0. The quantitative estimate of drug-likeness (QED) is 0.689. The van der Waals surface area contributed by atoms with Gasteiger partial charge < -0.3 is 4.74 Å². The van der Waals surface area contributed by atoms with Crippen molar-refractivity contribution >= 4 is 10.0 Å². The van der Waals surface area contributed by atoms with Crippen LogP contribution in [0.1, 0.15) is 28.3 Å². The number of hydrogen-bond donors (Lipinski definition) is 1. The van der Waals surface area contributed by atoms with Gasteiger partial charge in [-0.05, 0) is 42.7 Å². The molecule has 0 heterocycles. The molecule has 0 aliphatic rings. The normalized spacial score (nSPS) is 12.6. The number of ether oxygens (including phenoxy) is 1. The standard InChI is InChI=1S/C22H23NO3S/c1-16-9-12-19(13-10-16)22(18-7-5-4-6-8-18)23-27(24,25)21-15-17(2)11-14-20(21)26-3/h4-15,22-23H,1-3H3/t22-/m0/s1. The largest absolute Gasteiger partial charge is 0.495 e. The molecule has 140 valence electrons. The van der Waals surface area contributed by atoms with Crippen molar-refractivity contribution in [3.63, 3.8) is 0 Å². The fraction of sp³-hybridized carbons (Fsp3) is 0.182. The zero-order chi connectivity index (χ0) is 19.4. The molecule has 5 heteroatoms. The molecular formula is C22H23NO3S. The first-order valence-corrected chi connectivity index (χ1v) is 10.2. The second kappa shape index (κ2) is 7.94. The van der Waals surface area contributed by atoms with Crippen molar-refractivity contribution in [3.05, 3.63) is 95.1 Å². The third kappa shape index (κ3) is 4.38. The number of hydrogen-bond acceptors (Lipinski definition) is 3. The van der Waals surface area contributed by atoms with Crippen LogP contribution in [-0.2, 0) is 10.0 Å². The van der Waals surface area contributed by atoms with Gasteiger partial charge >= 0.3 is 0 Å². The molecule has 0 fully saturated rings. The molecule has 3 aromatic carbocycles. The summed E-state index contributed by atoms with van der Waals surface area (Å²) in [7, 11) is -2.34. The van der Waals surface area contributed by atoms with Crippen LogP contribution in [0.2, 0.25) is 0 Å². The maximum Gasteiger partial charge on any atom is 0.245 e. The van der Waals surface area contributed by atoms with Gasteiger partial charge in [-0.3, -0.25) is 0 Å². The zero-order valence-corrected chi connectivity index (χ0v) is 16.5. The van der Waals surface area contributed by atoms with E-state index in [9.17, 15) is 8.42 Å². The number of methoxy groups -OCH3 is 1. The fourth-order valence-electron chi connectivity index (χ4n) is 2.95. The lowest BCUT2D eigenvalue weighted by atomic mass is 9.99. The lowest BCUT2D eigenvalue weighted by molar-refractivity contribution is 0.402. The van der Waals surface area contributed by atoms with E-state index in [-0.39, 0.29) is 4.90 Å². The summed E-state index contributed by atoms with van der Waals surface area (Å²) in [6.07, 6.45) is 0. The highest BCUT2D eigenvalue weighted by Crippen LogP contribution is 2.29. The summed E-state index contributed by atoms with van der Waals surface area (Å²) in [4.78, 5) is 0.137. The highest BCUT2D eigenvalue weighted by molar-refractivity contribution is 7.89. The number of nitrogens with one attached hydrogen (secondary N) is 1. The molecule has 3 rings (SSSR count). The molecule has 0 aromatic heterocycles. The Balaban J connectivity index is 2.06. The Bertz CT molecular complexity index is 1010. The molecule has 0 aliphatic heterocycles. The van der Waals surface area contributed by atoms with Crippen molar-refractivity contribution in [1.82, 2.24) is 4.72 Å². The lowest BCUT2D eigenvalue weighted by Gasteiger charge is -2.21. The molecule has 1 N–H and O–H groups in total. The molecule has 0 saturated carbocycles. The van der Waals surface area contributed by atoms with Crippen LogP contribution in [0.15, 0.2) is 77.7 Å². The van der Waals surface area contributed by atoms with Crippen molar-refractivity contribution in [2.24, 2.45) is 0 Å². The molecule has 0 aliphatic carbocycles. The number of rotatable bonds is 6. The van der Waals surface area contributed by atoms with Crippen molar-refractivity contribution < 1.29 is 13.2 Å². The summed E-state index contributed by atoms with van der Waals surface area (Å²) in [5.41, 5.74) is 3.72. The van der Waals surface area contributed by atoms with Gasteiger partial charge in [0.2, 0.25) is 10.0 Å². The molecule has 3 aromatic rings. The fourth-order valence-corrected chi connectivity index (χ4v) is 4.41. The highest BCUT2D eigenvalue weighted by atomic mass is 32.2. The highest BCUT2D eigenvalue weighted by Gasteiger charge is 2.25. The molecule has 27 heavy (non-hydrogen) atoms. The second-order valence-corrected chi connectivity index (χ2v) is 8.21. The van der Waals surface area contributed by atoms with Gasteiger partial charge in [-0.2, -0.15) is 4.72 Å². The SMILES string of the molecule is COc1ccc(C)cc1S(=O)(=O)N[C@@H](c1ccccc1)c1ccc(C)cc1. The minimum Gasteiger partial charge on any atom is -0.495 e. The van der Waals surface area contributed by atoms with Crippen LogP contribution < -0.4 is 9.46 Å². The Labute approximate surface area is 160 Å². The van der Waals surface area contributed by atoms with Gasteiger partial charge in [0, 0.05) is 0 Å². The predicted octanol–water partition coefficient (Wildman–Crippen LogP) is 4.38. The smallest absolute Gasteiger partial charge is 0.245 e. The van der Waals surface area contributed by atoms with Gasteiger partial charge in [0.15, 0.2) is 0 Å². The summed E-state index contributed by atoms with van der Waals surface area (Å²) in [6, 6.07) is 22.0. The molecule has 0 radical (unpaired) electrons. The van der Waals surface area contributed by atoms with Crippen LogP contribution in [0, 0.1) is 13.8 Å². The second-order valence-electron chi connectivity index (χ2n) is 6.53. The minimum atomic E-state index is -3.81. The Hall–Kier alpha value is -2.63. The first-order chi connectivity index (χ1) is 12.9. The van der Waals surface area contributed by atoms with Crippen LogP contribution in [0.5, 0.6) is 5.75 Å². The van der Waals surface area contributed by atoms with E-state index in [1.54, 1.807) is 12.1 Å². The van der Waals surface area contributed by atoms with Gasteiger partial charge in [0.05, 0.1) is 13.2 Å². The van der Waals surface area contributed by atoms with Gasteiger partial charge in [-0.1, -0.05) is 66.2 Å². The monoisotopic (exact) mass is 381 g/mol.